The standard InChI is InChI=1S/C27H28F4N4O5/c1-25(32)13-33-23-18(25)12-21(35-22(23)15-3-6-17(28)7-4-15)26(38,27(29,30)31)14-34-24(37)16-5-8-19(40-10-9-36)20(11-16)39-2/h3-8,11-12,33,36,38H,9-10,13-14,32H2,1-2H3,(H,34,37). The number of carbonyl (C=O) groups excluding carboxylic acids is 1. The second kappa shape index (κ2) is 10.9. The Hall–Kier alpha value is -3.94. The Balaban J connectivity index is 1.71. The van der Waals surface area contributed by atoms with Crippen molar-refractivity contribution < 1.29 is 42.0 Å². The van der Waals surface area contributed by atoms with Gasteiger partial charge in [0.25, 0.3) is 5.91 Å². The zero-order valence-corrected chi connectivity index (χ0v) is 21.6. The third kappa shape index (κ3) is 5.53. The quantitative estimate of drug-likeness (QED) is 0.250. The van der Waals surface area contributed by atoms with Crippen LogP contribution in [0.1, 0.15) is 28.5 Å². The molecule has 13 heteroatoms. The molecule has 3 aromatic rings. The lowest BCUT2D eigenvalue weighted by Gasteiger charge is -2.31. The number of halogens is 4. The molecule has 9 nitrogen and oxygen atoms in total. The van der Waals surface area contributed by atoms with Crippen LogP contribution in [0.15, 0.2) is 48.5 Å². The Labute approximate surface area is 226 Å². The average molecular weight is 565 g/mol. The largest absolute Gasteiger partial charge is 0.493 e. The molecule has 0 radical (unpaired) electrons. The molecule has 6 N–H and O–H groups in total. The number of aromatic nitrogens is 1. The van der Waals surface area contributed by atoms with Crippen molar-refractivity contribution in [2.24, 2.45) is 5.73 Å². The highest BCUT2D eigenvalue weighted by Crippen LogP contribution is 2.45. The van der Waals surface area contributed by atoms with Gasteiger partial charge in [-0.1, -0.05) is 0 Å². The predicted octanol–water partition coefficient (Wildman–Crippen LogP) is 3.05. The molecule has 1 aliphatic heterocycles. The molecule has 1 aromatic heterocycles. The van der Waals surface area contributed by atoms with E-state index in [9.17, 15) is 27.5 Å². The number of aliphatic hydroxyl groups is 2. The van der Waals surface area contributed by atoms with Crippen molar-refractivity contribution in [2.75, 3.05) is 38.7 Å². The van der Waals surface area contributed by atoms with Gasteiger partial charge in [-0.15, -0.1) is 0 Å². The Kier molecular flexibility index (Phi) is 7.92. The molecule has 0 bridgehead atoms. The van der Waals surface area contributed by atoms with E-state index in [1.165, 1.54) is 37.4 Å². The number of hydrogen-bond donors (Lipinski definition) is 5. The van der Waals surface area contributed by atoms with Gasteiger partial charge in [-0.05, 0) is 55.5 Å². The maximum absolute atomic E-state index is 14.5. The fraction of sp³-hybridized carbons (Fsp3) is 0.333. The molecular weight excluding hydrogens is 536 g/mol. The number of fused-ring (bicyclic) bond motifs is 1. The fourth-order valence-electron chi connectivity index (χ4n) is 4.30. The third-order valence-corrected chi connectivity index (χ3v) is 6.56. The van der Waals surface area contributed by atoms with E-state index in [2.05, 4.69) is 15.6 Å². The minimum absolute atomic E-state index is 0.0361. The van der Waals surface area contributed by atoms with Gasteiger partial charge >= 0.3 is 6.18 Å². The monoisotopic (exact) mass is 564 g/mol. The van der Waals surface area contributed by atoms with Crippen LogP contribution < -0.4 is 25.8 Å². The van der Waals surface area contributed by atoms with E-state index in [1.54, 1.807) is 6.92 Å². The maximum Gasteiger partial charge on any atom is 0.424 e. The van der Waals surface area contributed by atoms with Crippen molar-refractivity contribution in [3.05, 3.63) is 71.2 Å². The number of hydrogen-bond acceptors (Lipinski definition) is 8. The number of nitrogens with zero attached hydrogens (tertiary/aromatic N) is 1. The first-order chi connectivity index (χ1) is 18.8. The molecule has 1 amide bonds. The molecule has 40 heavy (non-hydrogen) atoms. The molecule has 214 valence electrons. The van der Waals surface area contributed by atoms with Gasteiger partial charge < -0.3 is 36.1 Å². The van der Waals surface area contributed by atoms with Crippen LogP contribution in [0, 0.1) is 5.82 Å². The van der Waals surface area contributed by atoms with Crippen molar-refractivity contribution in [2.45, 2.75) is 24.2 Å². The van der Waals surface area contributed by atoms with Crippen LogP contribution in [0.4, 0.5) is 23.2 Å². The number of alkyl halides is 3. The molecule has 0 aliphatic carbocycles. The molecule has 2 aromatic carbocycles. The van der Waals surface area contributed by atoms with Gasteiger partial charge in [0, 0.05) is 23.2 Å². The van der Waals surface area contributed by atoms with Crippen LogP contribution in [0.3, 0.4) is 0 Å². The first-order valence-corrected chi connectivity index (χ1v) is 12.1. The van der Waals surface area contributed by atoms with E-state index in [0.29, 0.717) is 11.3 Å². The lowest BCUT2D eigenvalue weighted by atomic mass is 9.89. The summed E-state index contributed by atoms with van der Waals surface area (Å²) in [6.45, 7) is 0.220. The van der Waals surface area contributed by atoms with Crippen molar-refractivity contribution in [3.63, 3.8) is 0 Å². The van der Waals surface area contributed by atoms with Gasteiger partial charge in [0.2, 0.25) is 5.60 Å². The predicted molar refractivity (Wildman–Crippen MR) is 138 cm³/mol. The number of nitrogens with one attached hydrogen (secondary N) is 2. The van der Waals surface area contributed by atoms with E-state index in [-0.39, 0.29) is 48.1 Å². The summed E-state index contributed by atoms with van der Waals surface area (Å²) in [6.07, 6.45) is -5.27. The van der Waals surface area contributed by atoms with Gasteiger partial charge in [0.15, 0.2) is 11.5 Å². The summed E-state index contributed by atoms with van der Waals surface area (Å²) < 4.78 is 67.4. The smallest absolute Gasteiger partial charge is 0.424 e. The summed E-state index contributed by atoms with van der Waals surface area (Å²) >= 11 is 0. The van der Waals surface area contributed by atoms with Crippen LogP contribution >= 0.6 is 0 Å². The van der Waals surface area contributed by atoms with Gasteiger partial charge in [-0.3, -0.25) is 4.79 Å². The Morgan fingerprint density at radius 2 is 1.88 bits per heavy atom. The first kappa shape index (κ1) is 29.1. The van der Waals surface area contributed by atoms with E-state index in [0.717, 1.165) is 18.2 Å². The van der Waals surface area contributed by atoms with Crippen LogP contribution in [0.25, 0.3) is 11.3 Å². The van der Waals surface area contributed by atoms with Crippen molar-refractivity contribution in [1.29, 1.82) is 0 Å². The average Bonchev–Trinajstić information content (AvgIpc) is 3.23. The number of anilines is 1. The highest BCUT2D eigenvalue weighted by molar-refractivity contribution is 5.95. The number of rotatable bonds is 9. The normalized spacial score (nSPS) is 17.9. The van der Waals surface area contributed by atoms with E-state index in [1.807, 2.05) is 0 Å². The van der Waals surface area contributed by atoms with Crippen LogP contribution in [-0.2, 0) is 11.1 Å². The Morgan fingerprint density at radius 1 is 1.18 bits per heavy atom. The molecule has 4 rings (SSSR count). The Bertz CT molecular complexity index is 1400. The second-order valence-electron chi connectivity index (χ2n) is 9.53. The first-order valence-electron chi connectivity index (χ1n) is 12.1. The lowest BCUT2D eigenvalue weighted by Crippen LogP contribution is -2.51. The summed E-state index contributed by atoms with van der Waals surface area (Å²) in [5.74, 6) is -1.15. The zero-order valence-electron chi connectivity index (χ0n) is 21.6. The highest BCUT2D eigenvalue weighted by atomic mass is 19.4. The summed E-state index contributed by atoms with van der Waals surface area (Å²) in [7, 11) is 1.31. The molecule has 0 saturated heterocycles. The molecule has 2 heterocycles. The number of carbonyl (C=O) groups is 1. The molecule has 2 atom stereocenters. The number of amides is 1. The lowest BCUT2D eigenvalue weighted by molar-refractivity contribution is -0.265. The van der Waals surface area contributed by atoms with Crippen LogP contribution in [-0.4, -0.2) is 60.7 Å². The molecule has 0 spiro atoms. The summed E-state index contributed by atoms with van der Waals surface area (Å²) in [5, 5.41) is 25.2. The number of nitrogens with two attached hydrogens (primary N) is 1. The zero-order chi connectivity index (χ0) is 29.3. The minimum Gasteiger partial charge on any atom is -0.493 e. The van der Waals surface area contributed by atoms with Crippen LogP contribution in [0.5, 0.6) is 11.5 Å². The van der Waals surface area contributed by atoms with Gasteiger partial charge in [-0.2, -0.15) is 13.2 Å². The topological polar surface area (TPSA) is 139 Å². The number of benzene rings is 2. The molecular formula is C27H28F4N4O5. The molecule has 0 saturated carbocycles. The number of pyridine rings is 1. The highest BCUT2D eigenvalue weighted by Gasteiger charge is 2.57. The number of aliphatic hydroxyl groups excluding tert-OH is 1. The van der Waals surface area contributed by atoms with Crippen molar-refractivity contribution in [3.8, 4) is 22.8 Å². The van der Waals surface area contributed by atoms with Gasteiger partial charge in [0.1, 0.15) is 12.4 Å². The third-order valence-electron chi connectivity index (χ3n) is 6.56. The SMILES string of the molecule is COc1cc(C(=O)NCC(O)(c2cc3c(c(-c4ccc(F)cc4)n2)NCC3(C)N)C(F)(F)F)ccc1OCCO. The van der Waals surface area contributed by atoms with Crippen LogP contribution in [0.2, 0.25) is 0 Å². The van der Waals surface area contributed by atoms with E-state index >= 15 is 0 Å². The van der Waals surface area contributed by atoms with Gasteiger partial charge in [-0.25, -0.2) is 9.37 Å². The number of methoxy groups -OCH3 is 1. The number of ether oxygens (including phenoxy) is 2. The Morgan fingerprint density at radius 3 is 2.50 bits per heavy atom. The molecule has 1 aliphatic rings. The van der Waals surface area contributed by atoms with E-state index in [4.69, 9.17) is 20.3 Å². The summed E-state index contributed by atoms with van der Waals surface area (Å²) in [5.41, 5.74) is 1.74. The van der Waals surface area contributed by atoms with Gasteiger partial charge in [0.05, 0.1) is 42.9 Å². The summed E-state index contributed by atoms with van der Waals surface area (Å²) in [4.78, 5) is 17.0. The molecule has 0 fully saturated rings. The fourth-order valence-corrected chi connectivity index (χ4v) is 4.30. The van der Waals surface area contributed by atoms with E-state index < -0.39 is 41.3 Å². The minimum atomic E-state index is -5.27. The van der Waals surface area contributed by atoms with Crippen molar-refractivity contribution >= 4 is 11.6 Å². The summed E-state index contributed by atoms with van der Waals surface area (Å²) in [6, 6.07) is 9.96. The maximum atomic E-state index is 14.5. The van der Waals surface area contributed by atoms with Crippen molar-refractivity contribution in [1.82, 2.24) is 10.3 Å². The molecule has 2 unspecified atom stereocenters. The second-order valence-corrected chi connectivity index (χ2v) is 9.53.